The van der Waals surface area contributed by atoms with Crippen LogP contribution in [0.25, 0.3) is 5.76 Å². The van der Waals surface area contributed by atoms with Crippen molar-refractivity contribution < 1.29 is 14.6 Å². The Balaban J connectivity index is 1.61. The van der Waals surface area contributed by atoms with Gasteiger partial charge in [-0.3, -0.25) is 9.79 Å². The van der Waals surface area contributed by atoms with Gasteiger partial charge in [-0.1, -0.05) is 18.6 Å². The van der Waals surface area contributed by atoms with Gasteiger partial charge in [0.05, 0.1) is 11.1 Å². The summed E-state index contributed by atoms with van der Waals surface area (Å²) in [7, 11) is 0. The summed E-state index contributed by atoms with van der Waals surface area (Å²) in [5.74, 6) is 0.230. The summed E-state index contributed by atoms with van der Waals surface area (Å²) in [5, 5.41) is 10.4. The van der Waals surface area contributed by atoms with Crippen molar-refractivity contribution >= 4 is 17.8 Å². The molecule has 0 atom stereocenters. The van der Waals surface area contributed by atoms with Crippen LogP contribution in [0.5, 0.6) is 5.75 Å². The maximum absolute atomic E-state index is 12.2. The Morgan fingerprint density at radius 2 is 2.00 bits per heavy atom. The van der Waals surface area contributed by atoms with Crippen LogP contribution in [0.1, 0.15) is 31.2 Å². The maximum atomic E-state index is 12.2. The SMILES string of the molecule is O=C1COc2ccccc2C(O)=C1C=NCCCN1CCCCC1. The van der Waals surface area contributed by atoms with Crippen molar-refractivity contribution in [3.8, 4) is 5.75 Å². The number of ether oxygens (including phenoxy) is 1. The number of aliphatic hydroxyl groups is 1. The first kappa shape index (κ1) is 16.7. The molecule has 1 fully saturated rings. The number of piperidine rings is 1. The van der Waals surface area contributed by atoms with Crippen LogP contribution in [0.2, 0.25) is 0 Å². The third-order valence-corrected chi connectivity index (χ3v) is 4.49. The lowest BCUT2D eigenvalue weighted by molar-refractivity contribution is -0.116. The molecule has 1 saturated heterocycles. The molecule has 5 nitrogen and oxygen atoms in total. The molecule has 2 heterocycles. The topological polar surface area (TPSA) is 62.1 Å². The number of aliphatic imine (C=N–C) groups is 1. The fraction of sp³-hybridized carbons (Fsp3) is 0.474. The van der Waals surface area contributed by atoms with Crippen LogP contribution in [0.15, 0.2) is 34.8 Å². The Kier molecular flexibility index (Phi) is 5.64. The van der Waals surface area contributed by atoms with Gasteiger partial charge in [0, 0.05) is 12.8 Å². The first-order chi connectivity index (χ1) is 11.8. The van der Waals surface area contributed by atoms with Gasteiger partial charge >= 0.3 is 0 Å². The van der Waals surface area contributed by atoms with Crippen LogP contribution >= 0.6 is 0 Å². The molecular formula is C19H24N2O3. The van der Waals surface area contributed by atoms with Gasteiger partial charge in [0.15, 0.2) is 6.61 Å². The second-order valence-corrected chi connectivity index (χ2v) is 6.26. The van der Waals surface area contributed by atoms with E-state index in [0.29, 0.717) is 17.9 Å². The molecule has 0 amide bonds. The van der Waals surface area contributed by atoms with E-state index in [1.807, 2.05) is 12.1 Å². The Morgan fingerprint density at radius 1 is 1.21 bits per heavy atom. The number of aliphatic hydroxyl groups excluding tert-OH is 1. The lowest BCUT2D eigenvalue weighted by Gasteiger charge is -2.25. The first-order valence-electron chi connectivity index (χ1n) is 8.66. The Morgan fingerprint density at radius 3 is 2.83 bits per heavy atom. The molecule has 1 N–H and O–H groups in total. The maximum Gasteiger partial charge on any atom is 0.205 e. The summed E-state index contributed by atoms with van der Waals surface area (Å²) in [4.78, 5) is 19.0. The molecule has 1 aromatic rings. The van der Waals surface area contributed by atoms with E-state index in [0.717, 1.165) is 13.0 Å². The van der Waals surface area contributed by atoms with E-state index < -0.39 is 0 Å². The zero-order valence-electron chi connectivity index (χ0n) is 13.9. The lowest BCUT2D eigenvalue weighted by atomic mass is 10.1. The number of fused-ring (bicyclic) bond motifs is 1. The zero-order chi connectivity index (χ0) is 16.8. The van der Waals surface area contributed by atoms with E-state index in [4.69, 9.17) is 4.74 Å². The number of rotatable bonds is 5. The Labute approximate surface area is 142 Å². The summed E-state index contributed by atoms with van der Waals surface area (Å²) in [6, 6.07) is 7.11. The first-order valence-corrected chi connectivity index (χ1v) is 8.66. The molecule has 0 saturated carbocycles. The van der Waals surface area contributed by atoms with Crippen molar-refractivity contribution in [1.82, 2.24) is 4.90 Å². The van der Waals surface area contributed by atoms with Crippen molar-refractivity contribution in [2.24, 2.45) is 4.99 Å². The number of para-hydroxylation sites is 1. The van der Waals surface area contributed by atoms with Gasteiger partial charge in [-0.25, -0.2) is 0 Å². The highest BCUT2D eigenvalue weighted by atomic mass is 16.5. The van der Waals surface area contributed by atoms with E-state index in [1.54, 1.807) is 12.1 Å². The number of hydrogen-bond donors (Lipinski definition) is 1. The Hall–Kier alpha value is -2.14. The molecular weight excluding hydrogens is 304 g/mol. The van der Waals surface area contributed by atoms with Crippen LogP contribution in [0, 0.1) is 0 Å². The molecule has 0 aliphatic carbocycles. The quantitative estimate of drug-likeness (QED) is 0.667. The molecule has 0 spiro atoms. The lowest BCUT2D eigenvalue weighted by Crippen LogP contribution is -2.30. The highest BCUT2D eigenvalue weighted by Gasteiger charge is 2.22. The number of benzene rings is 1. The van der Waals surface area contributed by atoms with Crippen LogP contribution in [0.4, 0.5) is 0 Å². The van der Waals surface area contributed by atoms with Crippen LogP contribution in [0.3, 0.4) is 0 Å². The number of carbonyl (C=O) groups is 1. The molecule has 3 rings (SSSR count). The fourth-order valence-electron chi connectivity index (χ4n) is 3.14. The molecule has 1 aromatic carbocycles. The summed E-state index contributed by atoms with van der Waals surface area (Å²) < 4.78 is 5.45. The minimum Gasteiger partial charge on any atom is -0.506 e. The standard InChI is InChI=1S/C19H24N2O3/c22-17-14-24-18-8-3-2-7-15(18)19(23)16(17)13-20-9-6-12-21-10-4-1-5-11-21/h2-3,7-8,13,23H,1,4-6,9-12,14H2. The van der Waals surface area contributed by atoms with Crippen molar-refractivity contribution in [2.75, 3.05) is 32.8 Å². The van der Waals surface area contributed by atoms with Gasteiger partial charge in [-0.2, -0.15) is 0 Å². The molecule has 128 valence electrons. The normalized spacial score (nSPS) is 19.2. The highest BCUT2D eigenvalue weighted by molar-refractivity contribution is 6.19. The summed E-state index contributed by atoms with van der Waals surface area (Å²) in [5.41, 5.74) is 0.774. The number of carbonyl (C=O) groups excluding carboxylic acids is 1. The van der Waals surface area contributed by atoms with Crippen LogP contribution < -0.4 is 4.74 Å². The van der Waals surface area contributed by atoms with E-state index in [2.05, 4.69) is 9.89 Å². The molecule has 2 aliphatic rings. The smallest absolute Gasteiger partial charge is 0.205 e. The summed E-state index contributed by atoms with van der Waals surface area (Å²) in [6.07, 6.45) is 6.38. The fourth-order valence-corrected chi connectivity index (χ4v) is 3.14. The molecule has 0 bridgehead atoms. The molecule has 5 heteroatoms. The number of ketones is 1. The van der Waals surface area contributed by atoms with Crippen molar-refractivity contribution in [3.63, 3.8) is 0 Å². The zero-order valence-corrected chi connectivity index (χ0v) is 13.9. The summed E-state index contributed by atoms with van der Waals surface area (Å²) in [6.45, 7) is 3.99. The van der Waals surface area contributed by atoms with Crippen LogP contribution in [-0.2, 0) is 4.79 Å². The second-order valence-electron chi connectivity index (χ2n) is 6.26. The largest absolute Gasteiger partial charge is 0.506 e. The third kappa shape index (κ3) is 4.03. The average molecular weight is 328 g/mol. The Bertz CT molecular complexity index is 646. The molecule has 0 aromatic heterocycles. The van der Waals surface area contributed by atoms with Crippen molar-refractivity contribution in [1.29, 1.82) is 0 Å². The minimum absolute atomic E-state index is 0.0483. The van der Waals surface area contributed by atoms with Gasteiger partial charge in [-0.15, -0.1) is 0 Å². The van der Waals surface area contributed by atoms with Gasteiger partial charge in [0.1, 0.15) is 11.5 Å². The minimum atomic E-state index is -0.247. The van der Waals surface area contributed by atoms with Crippen molar-refractivity contribution in [2.45, 2.75) is 25.7 Å². The van der Waals surface area contributed by atoms with E-state index in [9.17, 15) is 9.90 Å². The number of nitrogens with zero attached hydrogens (tertiary/aromatic N) is 2. The molecule has 0 unspecified atom stereocenters. The van der Waals surface area contributed by atoms with E-state index >= 15 is 0 Å². The molecule has 24 heavy (non-hydrogen) atoms. The number of likely N-dealkylation sites (tertiary alicyclic amines) is 1. The number of hydrogen-bond acceptors (Lipinski definition) is 5. The van der Waals surface area contributed by atoms with Crippen LogP contribution in [-0.4, -0.2) is 54.8 Å². The third-order valence-electron chi connectivity index (χ3n) is 4.49. The summed E-state index contributed by atoms with van der Waals surface area (Å²) >= 11 is 0. The molecule has 2 aliphatic heterocycles. The van der Waals surface area contributed by atoms with Gasteiger partial charge in [0.2, 0.25) is 5.78 Å². The number of Topliss-reactive ketones (excluding diaryl/α,β-unsaturated/α-hetero) is 1. The second kappa shape index (κ2) is 8.11. The van der Waals surface area contributed by atoms with Gasteiger partial charge in [-0.05, 0) is 51.0 Å². The average Bonchev–Trinajstić information content (AvgIpc) is 2.74. The monoisotopic (exact) mass is 328 g/mol. The predicted octanol–water partition coefficient (Wildman–Crippen LogP) is 2.86. The van der Waals surface area contributed by atoms with Gasteiger partial charge in [0.25, 0.3) is 0 Å². The van der Waals surface area contributed by atoms with Crippen molar-refractivity contribution in [3.05, 3.63) is 35.4 Å². The molecule has 0 radical (unpaired) electrons. The van der Waals surface area contributed by atoms with E-state index in [-0.39, 0.29) is 23.7 Å². The van der Waals surface area contributed by atoms with Gasteiger partial charge < -0.3 is 14.7 Å². The van der Waals surface area contributed by atoms with E-state index in [1.165, 1.54) is 38.6 Å². The highest BCUT2D eigenvalue weighted by Crippen LogP contribution is 2.28. The predicted molar refractivity (Wildman–Crippen MR) is 94.8 cm³/mol.